The number of aromatic amines is 1. The van der Waals surface area contributed by atoms with Crippen LogP contribution in [0.1, 0.15) is 23.0 Å². The van der Waals surface area contributed by atoms with Crippen LogP contribution < -0.4 is 21.5 Å². The Morgan fingerprint density at radius 3 is 2.62 bits per heavy atom. The Kier molecular flexibility index (Phi) is 5.39. The van der Waals surface area contributed by atoms with Gasteiger partial charge in [-0.25, -0.2) is 9.97 Å². The molecule has 11 heteroatoms. The maximum Gasteiger partial charge on any atom is 0.325 e. The van der Waals surface area contributed by atoms with Crippen LogP contribution >= 0.6 is 0 Å². The van der Waals surface area contributed by atoms with Crippen molar-refractivity contribution in [2.24, 2.45) is 0 Å². The van der Waals surface area contributed by atoms with Gasteiger partial charge in [0, 0.05) is 18.3 Å². The zero-order valence-corrected chi connectivity index (χ0v) is 15.7. The summed E-state index contributed by atoms with van der Waals surface area (Å²) in [4.78, 5) is 51.4. The molecule has 1 aromatic carbocycles. The van der Waals surface area contributed by atoms with Crippen LogP contribution in [-0.4, -0.2) is 50.0 Å². The second kappa shape index (κ2) is 7.92. The van der Waals surface area contributed by atoms with Gasteiger partial charge in [-0.3, -0.25) is 19.4 Å². The molecule has 0 saturated carbocycles. The molecular formula is C18H19N7O4. The molecule has 0 unspecified atom stereocenters. The monoisotopic (exact) mass is 397 g/mol. The molecule has 0 bridgehead atoms. The number of carbonyl (C=O) groups excluding carboxylic acids is 1. The molecule has 1 amide bonds. The maximum atomic E-state index is 12.1. The number of fused-ring (bicyclic) bond motifs is 1. The van der Waals surface area contributed by atoms with Gasteiger partial charge in [-0.1, -0.05) is 0 Å². The van der Waals surface area contributed by atoms with Crippen LogP contribution in [0.15, 0.2) is 35.3 Å². The molecule has 3 rings (SSSR count). The van der Waals surface area contributed by atoms with Crippen molar-refractivity contribution < 1.29 is 14.7 Å². The molecule has 11 nitrogen and oxygen atoms in total. The number of carboxylic acids is 1. The van der Waals surface area contributed by atoms with Gasteiger partial charge in [-0.15, -0.1) is 0 Å². The van der Waals surface area contributed by atoms with E-state index in [1.165, 1.54) is 13.1 Å². The Bertz CT molecular complexity index is 1130. The van der Waals surface area contributed by atoms with Crippen molar-refractivity contribution in [2.45, 2.75) is 19.5 Å². The molecular weight excluding hydrogens is 378 g/mol. The number of amides is 1. The molecule has 1 atom stereocenters. The van der Waals surface area contributed by atoms with Gasteiger partial charge in [0.05, 0.1) is 18.4 Å². The lowest BCUT2D eigenvalue weighted by Gasteiger charge is -2.19. The number of hydrogen-bond donors (Lipinski definition) is 4. The first-order valence-electron chi connectivity index (χ1n) is 8.61. The van der Waals surface area contributed by atoms with Crippen LogP contribution in [0.2, 0.25) is 0 Å². The number of aromatic nitrogens is 4. The summed E-state index contributed by atoms with van der Waals surface area (Å²) in [5.41, 5.74) is 6.99. The molecule has 0 fully saturated rings. The zero-order chi connectivity index (χ0) is 21.1. The van der Waals surface area contributed by atoms with Crippen molar-refractivity contribution in [1.82, 2.24) is 25.3 Å². The zero-order valence-electron chi connectivity index (χ0n) is 15.7. The molecule has 2 heterocycles. The number of nitrogens with two attached hydrogens (primary N) is 1. The van der Waals surface area contributed by atoms with Crippen LogP contribution in [0, 0.1) is 0 Å². The Labute approximate surface area is 164 Å². The third kappa shape index (κ3) is 4.46. The van der Waals surface area contributed by atoms with Gasteiger partial charge < -0.3 is 21.1 Å². The summed E-state index contributed by atoms with van der Waals surface area (Å²) in [7, 11) is 1.82. The number of nitrogens with zero attached hydrogens (tertiary/aromatic N) is 4. The van der Waals surface area contributed by atoms with E-state index in [1.54, 1.807) is 24.3 Å². The van der Waals surface area contributed by atoms with E-state index < -0.39 is 23.5 Å². The van der Waals surface area contributed by atoms with Crippen molar-refractivity contribution in [3.8, 4) is 0 Å². The van der Waals surface area contributed by atoms with Crippen LogP contribution in [0.3, 0.4) is 0 Å². The molecule has 29 heavy (non-hydrogen) atoms. The highest BCUT2D eigenvalue weighted by Gasteiger charge is 2.15. The van der Waals surface area contributed by atoms with Crippen LogP contribution in [0.4, 0.5) is 11.6 Å². The second-order valence-electron chi connectivity index (χ2n) is 6.42. The summed E-state index contributed by atoms with van der Waals surface area (Å²) in [5.74, 6) is -1.60. The summed E-state index contributed by atoms with van der Waals surface area (Å²) in [5, 5.41) is 11.3. The highest BCUT2D eigenvalue weighted by atomic mass is 16.4. The van der Waals surface area contributed by atoms with E-state index in [9.17, 15) is 14.4 Å². The molecule has 150 valence electrons. The average Bonchev–Trinajstić information content (AvgIpc) is 2.68. The topological polar surface area (TPSA) is 167 Å². The largest absolute Gasteiger partial charge is 0.480 e. The molecule has 3 aromatic rings. The third-order valence-corrected chi connectivity index (χ3v) is 4.17. The molecule has 0 radical (unpaired) electrons. The average molecular weight is 397 g/mol. The van der Waals surface area contributed by atoms with Crippen molar-refractivity contribution in [3.63, 3.8) is 0 Å². The van der Waals surface area contributed by atoms with E-state index in [0.29, 0.717) is 17.8 Å². The molecule has 0 aliphatic rings. The minimum atomic E-state index is -1.11. The van der Waals surface area contributed by atoms with Crippen molar-refractivity contribution in [1.29, 1.82) is 0 Å². The quantitative estimate of drug-likeness (QED) is 0.452. The number of nitrogens with one attached hydrogen (secondary N) is 2. The van der Waals surface area contributed by atoms with Gasteiger partial charge in [0.2, 0.25) is 5.95 Å². The molecule has 2 aromatic heterocycles. The fraction of sp³-hybridized carbons (Fsp3) is 0.222. The fourth-order valence-corrected chi connectivity index (χ4v) is 2.59. The van der Waals surface area contributed by atoms with Crippen molar-refractivity contribution >= 4 is 34.7 Å². The minimum Gasteiger partial charge on any atom is -0.480 e. The summed E-state index contributed by atoms with van der Waals surface area (Å²) < 4.78 is 0. The van der Waals surface area contributed by atoms with E-state index in [2.05, 4.69) is 25.3 Å². The highest BCUT2D eigenvalue weighted by Crippen LogP contribution is 2.16. The Hall–Kier alpha value is -4.02. The number of hydrogen-bond acceptors (Lipinski definition) is 8. The predicted molar refractivity (Wildman–Crippen MR) is 105 cm³/mol. The summed E-state index contributed by atoms with van der Waals surface area (Å²) in [6.45, 7) is 1.75. The molecule has 0 aliphatic heterocycles. The van der Waals surface area contributed by atoms with E-state index in [0.717, 1.165) is 5.69 Å². The Morgan fingerprint density at radius 1 is 1.28 bits per heavy atom. The number of benzene rings is 1. The Balaban J connectivity index is 1.73. The number of carboxylic acid groups (broad SMARTS) is 1. The minimum absolute atomic E-state index is 0.0245. The first-order chi connectivity index (χ1) is 13.7. The van der Waals surface area contributed by atoms with Crippen LogP contribution in [0.25, 0.3) is 11.2 Å². The van der Waals surface area contributed by atoms with Gasteiger partial charge in [-0.2, -0.15) is 4.98 Å². The van der Waals surface area contributed by atoms with Gasteiger partial charge in [0.15, 0.2) is 11.2 Å². The van der Waals surface area contributed by atoms with Crippen molar-refractivity contribution in [2.75, 3.05) is 17.7 Å². The first kappa shape index (κ1) is 19.7. The van der Waals surface area contributed by atoms with E-state index >= 15 is 0 Å². The molecule has 0 aliphatic carbocycles. The van der Waals surface area contributed by atoms with Gasteiger partial charge in [0.1, 0.15) is 6.04 Å². The summed E-state index contributed by atoms with van der Waals surface area (Å²) in [6, 6.07) is 5.66. The second-order valence-corrected chi connectivity index (χ2v) is 6.42. The van der Waals surface area contributed by atoms with Gasteiger partial charge >= 0.3 is 5.97 Å². The standard InChI is InChI=1S/C18H19N7O4/c1-9(17(28)29)21-15(26)10-3-5-12(6-4-10)25(2)8-11-7-20-14-13(22-11)16(27)24-18(19)23-14/h3-7,9H,8H2,1-2H3,(H,21,26)(H,28,29)(H3,19,20,23,24,27)/t9-/m0/s1. The van der Waals surface area contributed by atoms with Crippen molar-refractivity contribution in [3.05, 3.63) is 52.1 Å². The number of H-pyrrole nitrogens is 1. The number of anilines is 2. The lowest BCUT2D eigenvalue weighted by atomic mass is 10.1. The normalized spacial score (nSPS) is 11.8. The highest BCUT2D eigenvalue weighted by molar-refractivity contribution is 5.96. The van der Waals surface area contributed by atoms with Gasteiger partial charge in [-0.05, 0) is 31.2 Å². The number of nitrogen functional groups attached to an aromatic ring is 1. The predicted octanol–water partition coefficient (Wildman–Crippen LogP) is 0.135. The number of rotatable bonds is 6. The third-order valence-electron chi connectivity index (χ3n) is 4.17. The van der Waals surface area contributed by atoms with E-state index in [-0.39, 0.29) is 17.1 Å². The number of aliphatic carboxylic acids is 1. The Morgan fingerprint density at radius 2 is 1.97 bits per heavy atom. The number of carbonyl (C=O) groups is 2. The SMILES string of the molecule is C[C@H](NC(=O)c1ccc(N(C)Cc2cnc3nc(N)[nH]c(=O)c3n2)cc1)C(=O)O. The van der Waals surface area contributed by atoms with Gasteiger partial charge in [0.25, 0.3) is 11.5 Å². The first-order valence-corrected chi connectivity index (χ1v) is 8.61. The lowest BCUT2D eigenvalue weighted by molar-refractivity contribution is -0.138. The smallest absolute Gasteiger partial charge is 0.325 e. The lowest BCUT2D eigenvalue weighted by Crippen LogP contribution is -2.38. The summed E-state index contributed by atoms with van der Waals surface area (Å²) >= 11 is 0. The van der Waals surface area contributed by atoms with Crippen LogP contribution in [-0.2, 0) is 11.3 Å². The molecule has 0 spiro atoms. The van der Waals surface area contributed by atoms with E-state index in [4.69, 9.17) is 10.8 Å². The summed E-state index contributed by atoms with van der Waals surface area (Å²) in [6.07, 6.45) is 1.51. The van der Waals surface area contributed by atoms with E-state index in [1.807, 2.05) is 11.9 Å². The molecule has 0 saturated heterocycles. The fourth-order valence-electron chi connectivity index (χ4n) is 2.59. The maximum absolute atomic E-state index is 12.1. The van der Waals surface area contributed by atoms with Crippen LogP contribution in [0.5, 0.6) is 0 Å². The molecule has 5 N–H and O–H groups in total.